The molecule has 0 aliphatic rings. The molecule has 0 saturated heterocycles. The number of hydrogen-bond donors (Lipinski definition) is 1. The highest BCUT2D eigenvalue weighted by atomic mass is 35.5. The number of amides is 1. The molecule has 0 unspecified atom stereocenters. The maximum Gasteiger partial charge on any atom is 0.277 e. The molecule has 0 atom stereocenters. The van der Waals surface area contributed by atoms with Crippen LogP contribution >= 0.6 is 34.8 Å². The number of nitrogens with one attached hydrogen (secondary N) is 1. The van der Waals surface area contributed by atoms with Crippen LogP contribution in [0, 0.1) is 0 Å². The van der Waals surface area contributed by atoms with Gasteiger partial charge in [0.15, 0.2) is 6.61 Å². The smallest absolute Gasteiger partial charge is 0.277 e. The van der Waals surface area contributed by atoms with Gasteiger partial charge in [-0.25, -0.2) is 5.43 Å². The van der Waals surface area contributed by atoms with Crippen molar-refractivity contribution in [3.8, 4) is 5.75 Å². The van der Waals surface area contributed by atoms with Crippen molar-refractivity contribution >= 4 is 46.4 Å². The van der Waals surface area contributed by atoms with Gasteiger partial charge in [0.2, 0.25) is 0 Å². The Morgan fingerprint density at radius 3 is 2.38 bits per heavy atom. The van der Waals surface area contributed by atoms with Crippen LogP contribution in [0.25, 0.3) is 0 Å². The number of benzene rings is 2. The highest BCUT2D eigenvalue weighted by Crippen LogP contribution is 2.22. The van der Waals surface area contributed by atoms with Gasteiger partial charge in [-0.3, -0.25) is 4.79 Å². The van der Waals surface area contributed by atoms with Crippen molar-refractivity contribution < 1.29 is 9.53 Å². The summed E-state index contributed by atoms with van der Waals surface area (Å²) in [5.74, 6) is 0.177. The summed E-state index contributed by atoms with van der Waals surface area (Å²) >= 11 is 17.8. The van der Waals surface area contributed by atoms with Crippen molar-refractivity contribution in [2.75, 3.05) is 6.61 Å². The van der Waals surface area contributed by atoms with Crippen LogP contribution in [0.3, 0.4) is 0 Å². The Bertz CT molecular complexity index is 746. The van der Waals surface area contributed by atoms with E-state index < -0.39 is 0 Å². The fourth-order valence-corrected chi connectivity index (χ4v) is 2.54. The van der Waals surface area contributed by atoms with Gasteiger partial charge in [-0.2, -0.15) is 5.10 Å². The van der Waals surface area contributed by atoms with Crippen LogP contribution < -0.4 is 10.2 Å². The molecule has 1 N–H and O–H groups in total. The lowest BCUT2D eigenvalue weighted by atomic mass is 10.1. The molecule has 0 heterocycles. The number of carbonyl (C=O) groups excluding carboxylic acids is 1. The molecule has 0 fully saturated rings. The second kappa shape index (κ2) is 8.92. The third-order valence-corrected chi connectivity index (χ3v) is 3.88. The summed E-state index contributed by atoms with van der Waals surface area (Å²) in [6, 6.07) is 11.9. The molecule has 0 bridgehead atoms. The summed E-state index contributed by atoms with van der Waals surface area (Å²) in [6.07, 6.45) is 0.597. The van der Waals surface area contributed by atoms with Gasteiger partial charge in [0, 0.05) is 15.6 Å². The Balaban J connectivity index is 1.96. The summed E-state index contributed by atoms with van der Waals surface area (Å²) in [4.78, 5) is 11.9. The third kappa shape index (κ3) is 5.41. The van der Waals surface area contributed by atoms with Gasteiger partial charge in [0.05, 0.1) is 10.7 Å². The van der Waals surface area contributed by atoms with E-state index in [1.54, 1.807) is 42.5 Å². The van der Waals surface area contributed by atoms with Crippen LogP contribution in [0.5, 0.6) is 5.75 Å². The van der Waals surface area contributed by atoms with Crippen molar-refractivity contribution in [3.63, 3.8) is 0 Å². The van der Waals surface area contributed by atoms with Crippen molar-refractivity contribution in [3.05, 3.63) is 63.1 Å². The van der Waals surface area contributed by atoms with E-state index in [2.05, 4.69) is 10.5 Å². The van der Waals surface area contributed by atoms with Gasteiger partial charge in [-0.15, -0.1) is 0 Å². The lowest BCUT2D eigenvalue weighted by Gasteiger charge is -2.08. The Morgan fingerprint density at radius 1 is 1.08 bits per heavy atom. The van der Waals surface area contributed by atoms with Crippen molar-refractivity contribution in [1.29, 1.82) is 0 Å². The minimum absolute atomic E-state index is 0.156. The molecule has 0 spiro atoms. The molecule has 126 valence electrons. The van der Waals surface area contributed by atoms with Crippen LogP contribution in [0.4, 0.5) is 0 Å². The molecule has 0 aliphatic heterocycles. The van der Waals surface area contributed by atoms with Crippen molar-refractivity contribution in [1.82, 2.24) is 5.43 Å². The van der Waals surface area contributed by atoms with E-state index in [1.807, 2.05) is 6.92 Å². The van der Waals surface area contributed by atoms with E-state index in [9.17, 15) is 4.79 Å². The number of ether oxygens (including phenoxy) is 1. The normalized spacial score (nSPS) is 11.2. The van der Waals surface area contributed by atoms with Gasteiger partial charge in [-0.05, 0) is 42.8 Å². The van der Waals surface area contributed by atoms with E-state index >= 15 is 0 Å². The number of hydrazone groups is 1. The zero-order valence-corrected chi connectivity index (χ0v) is 15.1. The van der Waals surface area contributed by atoms with Crippen LogP contribution in [0.15, 0.2) is 47.6 Å². The first-order valence-corrected chi connectivity index (χ1v) is 8.32. The highest BCUT2D eigenvalue weighted by Gasteiger charge is 2.09. The van der Waals surface area contributed by atoms with E-state index in [4.69, 9.17) is 39.5 Å². The molecule has 7 heteroatoms. The first-order chi connectivity index (χ1) is 11.5. The van der Waals surface area contributed by atoms with E-state index in [-0.39, 0.29) is 12.5 Å². The van der Waals surface area contributed by atoms with Gasteiger partial charge >= 0.3 is 0 Å². The lowest BCUT2D eigenvalue weighted by molar-refractivity contribution is -0.123. The molecule has 2 aromatic rings. The first kappa shape index (κ1) is 18.6. The maximum absolute atomic E-state index is 11.9. The van der Waals surface area contributed by atoms with Gasteiger partial charge in [0.1, 0.15) is 5.75 Å². The number of nitrogens with zero attached hydrogens (tertiary/aromatic N) is 1. The summed E-state index contributed by atoms with van der Waals surface area (Å²) < 4.78 is 5.35. The van der Waals surface area contributed by atoms with Gasteiger partial charge in [0.25, 0.3) is 5.91 Å². The second-order valence-corrected chi connectivity index (χ2v) is 6.09. The van der Waals surface area contributed by atoms with E-state index in [1.165, 1.54) is 0 Å². The van der Waals surface area contributed by atoms with E-state index in [0.29, 0.717) is 32.9 Å². The van der Waals surface area contributed by atoms with Crippen molar-refractivity contribution in [2.24, 2.45) is 5.10 Å². The summed E-state index contributed by atoms with van der Waals surface area (Å²) in [6.45, 7) is 1.76. The van der Waals surface area contributed by atoms with Gasteiger partial charge < -0.3 is 4.74 Å². The average Bonchev–Trinajstić information content (AvgIpc) is 2.56. The lowest BCUT2D eigenvalue weighted by Crippen LogP contribution is -2.26. The third-order valence-electron chi connectivity index (χ3n) is 3.08. The minimum Gasteiger partial charge on any atom is -0.484 e. The zero-order chi connectivity index (χ0) is 17.5. The summed E-state index contributed by atoms with van der Waals surface area (Å²) in [5.41, 5.74) is 3.84. The predicted octanol–water partition coefficient (Wildman–Crippen LogP) is 4.96. The Labute approximate surface area is 155 Å². The maximum atomic E-state index is 11.9. The van der Waals surface area contributed by atoms with Gasteiger partial charge in [-0.1, -0.05) is 47.8 Å². The van der Waals surface area contributed by atoms with Crippen LogP contribution in [0.1, 0.15) is 18.9 Å². The molecule has 0 saturated carbocycles. The number of carbonyl (C=O) groups is 1. The fourth-order valence-electron chi connectivity index (χ4n) is 1.90. The molecule has 2 aromatic carbocycles. The Morgan fingerprint density at radius 2 is 1.75 bits per heavy atom. The number of halogens is 3. The molecule has 1 amide bonds. The summed E-state index contributed by atoms with van der Waals surface area (Å²) in [7, 11) is 0. The fraction of sp³-hybridized carbons (Fsp3) is 0.176. The van der Waals surface area contributed by atoms with E-state index in [0.717, 1.165) is 5.56 Å². The van der Waals surface area contributed by atoms with Crippen LogP contribution in [-0.2, 0) is 4.79 Å². The Hall–Kier alpha value is -1.75. The topological polar surface area (TPSA) is 50.7 Å². The monoisotopic (exact) mass is 384 g/mol. The molecule has 4 nitrogen and oxygen atoms in total. The molecular formula is C17H15Cl3N2O2. The minimum atomic E-state index is -0.374. The predicted molar refractivity (Wildman–Crippen MR) is 98.4 cm³/mol. The molecule has 24 heavy (non-hydrogen) atoms. The molecule has 0 aromatic heterocycles. The average molecular weight is 386 g/mol. The number of rotatable bonds is 6. The molecule has 2 rings (SSSR count). The number of hydrogen-bond acceptors (Lipinski definition) is 3. The quantitative estimate of drug-likeness (QED) is 0.564. The van der Waals surface area contributed by atoms with Crippen molar-refractivity contribution in [2.45, 2.75) is 13.3 Å². The highest BCUT2D eigenvalue weighted by molar-refractivity contribution is 6.37. The molecule has 0 aliphatic carbocycles. The molecule has 0 radical (unpaired) electrons. The zero-order valence-electron chi connectivity index (χ0n) is 12.9. The van der Waals surface area contributed by atoms with Crippen LogP contribution in [-0.4, -0.2) is 18.2 Å². The largest absolute Gasteiger partial charge is 0.484 e. The molecular weight excluding hydrogens is 371 g/mol. The standard InChI is InChI=1S/C17H15Cl3N2O2/c1-2-16(14-8-5-12(19)9-15(14)20)21-22-17(23)10-24-13-6-3-11(18)4-7-13/h3-9H,2,10H2,1H3,(H,22,23)/b21-16+. The second-order valence-electron chi connectivity index (χ2n) is 4.81. The SMILES string of the molecule is CC/C(=N\NC(=O)COc1ccc(Cl)cc1)c1ccc(Cl)cc1Cl. The van der Waals surface area contributed by atoms with Crippen LogP contribution in [0.2, 0.25) is 15.1 Å². The summed E-state index contributed by atoms with van der Waals surface area (Å²) in [5, 5.41) is 5.74. The first-order valence-electron chi connectivity index (χ1n) is 7.18. The Kier molecular flexibility index (Phi) is 6.91.